The highest BCUT2D eigenvalue weighted by atomic mass is 79.9. The lowest BCUT2D eigenvalue weighted by Crippen LogP contribution is -2.28. The van der Waals surface area contributed by atoms with Crippen molar-refractivity contribution in [3.63, 3.8) is 0 Å². The summed E-state index contributed by atoms with van der Waals surface area (Å²) in [6.07, 6.45) is 1.80. The second-order valence-electron chi connectivity index (χ2n) is 7.60. The summed E-state index contributed by atoms with van der Waals surface area (Å²) >= 11 is 14.6. The summed E-state index contributed by atoms with van der Waals surface area (Å²) in [6.45, 7) is 2.64. The number of likely N-dealkylation sites (N-methyl/N-ethyl adjacent to an activating group) is 1. The topological polar surface area (TPSA) is 79.2 Å². The van der Waals surface area contributed by atoms with Crippen LogP contribution in [0.4, 0.5) is 5.69 Å². The number of thioether (sulfide) groups is 1. The zero-order valence-corrected chi connectivity index (χ0v) is 23.6. The van der Waals surface area contributed by atoms with Crippen molar-refractivity contribution in [2.45, 2.75) is 13.5 Å². The van der Waals surface area contributed by atoms with Gasteiger partial charge in [0.1, 0.15) is 12.4 Å². The fraction of sp³-hybridized carbons (Fsp3) is 0.115. The van der Waals surface area contributed by atoms with Crippen LogP contribution in [0, 0.1) is 0 Å². The van der Waals surface area contributed by atoms with Crippen LogP contribution in [0.25, 0.3) is 6.08 Å². The second-order valence-corrected chi connectivity index (χ2v) is 10.7. The predicted molar refractivity (Wildman–Crippen MR) is 151 cm³/mol. The van der Waals surface area contributed by atoms with Gasteiger partial charge in [0.2, 0.25) is 0 Å². The van der Waals surface area contributed by atoms with E-state index in [2.05, 4.69) is 36.9 Å². The molecule has 3 aromatic rings. The van der Waals surface area contributed by atoms with Crippen LogP contribution in [0.5, 0.6) is 5.75 Å². The normalized spacial score (nSPS) is 15.7. The minimum atomic E-state index is -1.00. The molecule has 1 N–H and O–H groups in total. The van der Waals surface area contributed by atoms with Crippen molar-refractivity contribution in [2.75, 3.05) is 6.54 Å². The molecule has 1 fully saturated rings. The summed E-state index contributed by atoms with van der Waals surface area (Å²) < 4.78 is 7.44. The molecular weight excluding hydrogens is 632 g/mol. The van der Waals surface area contributed by atoms with E-state index in [0.29, 0.717) is 39.7 Å². The zero-order valence-electron chi connectivity index (χ0n) is 18.9. The number of benzene rings is 3. The molecular formula is C26H19Br2ClN2O4S. The third-order valence-corrected chi connectivity index (χ3v) is 7.74. The van der Waals surface area contributed by atoms with E-state index in [1.807, 2.05) is 43.3 Å². The number of halogens is 3. The summed E-state index contributed by atoms with van der Waals surface area (Å²) in [5.74, 6) is -0.517. The van der Waals surface area contributed by atoms with Crippen molar-refractivity contribution >= 4 is 84.0 Å². The first-order valence-corrected chi connectivity index (χ1v) is 13.5. The van der Waals surface area contributed by atoms with Crippen molar-refractivity contribution in [1.82, 2.24) is 4.90 Å². The highest BCUT2D eigenvalue weighted by molar-refractivity contribution is 9.11. The predicted octanol–water partition coefficient (Wildman–Crippen LogP) is 7.77. The van der Waals surface area contributed by atoms with E-state index in [1.165, 1.54) is 23.9 Å². The van der Waals surface area contributed by atoms with Crippen LogP contribution in [0.15, 0.2) is 79.5 Å². The number of amidine groups is 1. The second kappa shape index (κ2) is 11.6. The third-order valence-electron chi connectivity index (χ3n) is 5.19. The number of carboxylic acids is 1. The molecule has 4 rings (SSSR count). The van der Waals surface area contributed by atoms with Crippen molar-refractivity contribution in [2.24, 2.45) is 4.99 Å². The monoisotopic (exact) mass is 648 g/mol. The molecule has 1 aliphatic heterocycles. The van der Waals surface area contributed by atoms with Crippen molar-refractivity contribution in [1.29, 1.82) is 0 Å². The van der Waals surface area contributed by atoms with E-state index in [9.17, 15) is 9.59 Å². The SMILES string of the molecule is CCN1C(=O)C(=Cc2cc(Br)c(OCc3ccccc3Cl)c(Br)c2)SC1=Nc1ccc(C(=O)O)cc1. The number of hydrogen-bond acceptors (Lipinski definition) is 5. The quantitative estimate of drug-likeness (QED) is 0.265. The van der Waals surface area contributed by atoms with Gasteiger partial charge >= 0.3 is 5.97 Å². The summed E-state index contributed by atoms with van der Waals surface area (Å²) in [7, 11) is 0. The number of aliphatic imine (C=N–C) groups is 1. The molecule has 6 nitrogen and oxygen atoms in total. The van der Waals surface area contributed by atoms with E-state index in [1.54, 1.807) is 23.1 Å². The smallest absolute Gasteiger partial charge is 0.335 e. The number of rotatable bonds is 7. The van der Waals surface area contributed by atoms with Gasteiger partial charge in [0.15, 0.2) is 5.17 Å². The van der Waals surface area contributed by atoms with E-state index in [-0.39, 0.29) is 11.5 Å². The number of aromatic carboxylic acids is 1. The molecule has 1 saturated heterocycles. The van der Waals surface area contributed by atoms with E-state index in [4.69, 9.17) is 21.4 Å². The molecule has 10 heteroatoms. The van der Waals surface area contributed by atoms with Crippen LogP contribution >= 0.6 is 55.2 Å². The highest BCUT2D eigenvalue weighted by Gasteiger charge is 2.32. The fourth-order valence-electron chi connectivity index (χ4n) is 3.38. The molecule has 3 aromatic carbocycles. The third kappa shape index (κ3) is 6.03. The lowest BCUT2D eigenvalue weighted by molar-refractivity contribution is -0.122. The van der Waals surface area contributed by atoms with Crippen LogP contribution in [-0.2, 0) is 11.4 Å². The lowest BCUT2D eigenvalue weighted by atomic mass is 10.2. The molecule has 0 unspecified atom stereocenters. The van der Waals surface area contributed by atoms with Gasteiger partial charge in [-0.05, 0) is 105 Å². The number of amides is 1. The maximum absolute atomic E-state index is 13.0. The summed E-state index contributed by atoms with van der Waals surface area (Å²) in [5, 5.41) is 10.3. The Bertz CT molecular complexity index is 1370. The Morgan fingerprint density at radius 3 is 2.42 bits per heavy atom. The van der Waals surface area contributed by atoms with Gasteiger partial charge in [0, 0.05) is 17.1 Å². The number of carboxylic acid groups (broad SMARTS) is 1. The molecule has 1 amide bonds. The molecule has 1 heterocycles. The number of nitrogens with zero attached hydrogens (tertiary/aromatic N) is 2. The maximum atomic E-state index is 13.0. The summed E-state index contributed by atoms with van der Waals surface area (Å²) in [6, 6.07) is 17.5. The van der Waals surface area contributed by atoms with Crippen LogP contribution < -0.4 is 4.74 Å². The van der Waals surface area contributed by atoms with Gasteiger partial charge in [-0.15, -0.1) is 0 Å². The van der Waals surface area contributed by atoms with Crippen LogP contribution in [0.1, 0.15) is 28.4 Å². The Morgan fingerprint density at radius 1 is 1.14 bits per heavy atom. The Balaban J connectivity index is 1.55. The van der Waals surface area contributed by atoms with Crippen LogP contribution in [-0.4, -0.2) is 33.6 Å². The van der Waals surface area contributed by atoms with Crippen LogP contribution in [0.2, 0.25) is 5.02 Å². The first-order chi connectivity index (χ1) is 17.3. The molecule has 0 radical (unpaired) electrons. The van der Waals surface area contributed by atoms with Gasteiger partial charge < -0.3 is 9.84 Å². The summed E-state index contributed by atoms with van der Waals surface area (Å²) in [4.78, 5) is 30.8. The van der Waals surface area contributed by atoms with E-state index >= 15 is 0 Å². The zero-order chi connectivity index (χ0) is 25.8. The van der Waals surface area contributed by atoms with Gasteiger partial charge in [0.05, 0.1) is 25.1 Å². The van der Waals surface area contributed by atoms with E-state index < -0.39 is 5.97 Å². The van der Waals surface area contributed by atoms with Gasteiger partial charge in [-0.1, -0.05) is 29.8 Å². The fourth-order valence-corrected chi connectivity index (χ4v) is 6.08. The molecule has 0 aromatic heterocycles. The molecule has 0 atom stereocenters. The van der Waals surface area contributed by atoms with Gasteiger partial charge in [-0.25, -0.2) is 9.79 Å². The van der Waals surface area contributed by atoms with Crippen molar-refractivity contribution < 1.29 is 19.4 Å². The molecule has 36 heavy (non-hydrogen) atoms. The van der Waals surface area contributed by atoms with Crippen molar-refractivity contribution in [3.8, 4) is 5.75 Å². The number of carbonyl (C=O) groups excluding carboxylic acids is 1. The molecule has 184 valence electrons. The summed E-state index contributed by atoms with van der Waals surface area (Å²) in [5.41, 5.74) is 2.43. The first kappa shape index (κ1) is 26.5. The molecule has 1 aliphatic rings. The minimum absolute atomic E-state index is 0.144. The van der Waals surface area contributed by atoms with Gasteiger partial charge in [-0.2, -0.15) is 0 Å². The molecule has 0 bridgehead atoms. The molecule has 0 saturated carbocycles. The standard InChI is InChI=1S/C26H19Br2ClN2O4S/c1-2-31-24(32)22(36-26(31)30-18-9-7-16(8-10-18)25(33)34)13-15-11-19(27)23(20(28)12-15)35-14-17-5-3-4-6-21(17)29/h3-13H,2,14H2,1H3,(H,33,34). The average molecular weight is 651 g/mol. The van der Waals surface area contributed by atoms with Crippen molar-refractivity contribution in [3.05, 3.63) is 96.2 Å². The Morgan fingerprint density at radius 2 is 1.81 bits per heavy atom. The Labute approximate surface area is 234 Å². The average Bonchev–Trinajstić information content (AvgIpc) is 3.13. The van der Waals surface area contributed by atoms with E-state index in [0.717, 1.165) is 20.1 Å². The lowest BCUT2D eigenvalue weighted by Gasteiger charge is -2.12. The maximum Gasteiger partial charge on any atom is 0.335 e. The van der Waals surface area contributed by atoms with Gasteiger partial charge in [-0.3, -0.25) is 9.69 Å². The number of hydrogen-bond donors (Lipinski definition) is 1. The number of ether oxygens (including phenoxy) is 1. The molecule has 0 spiro atoms. The Hall–Kier alpha value is -2.59. The van der Waals surface area contributed by atoms with Crippen LogP contribution in [0.3, 0.4) is 0 Å². The number of carbonyl (C=O) groups is 2. The first-order valence-electron chi connectivity index (χ1n) is 10.8. The van der Waals surface area contributed by atoms with Gasteiger partial charge in [0.25, 0.3) is 5.91 Å². The largest absolute Gasteiger partial charge is 0.486 e. The minimum Gasteiger partial charge on any atom is -0.486 e. The highest BCUT2D eigenvalue weighted by Crippen LogP contribution is 2.39. The molecule has 0 aliphatic carbocycles. The Kier molecular flexibility index (Phi) is 8.56.